The maximum atomic E-state index is 12.0. The number of carbonyl (C=O) groups is 2. The molecule has 0 fully saturated rings. The summed E-state index contributed by atoms with van der Waals surface area (Å²) in [6.45, 7) is 1.97. The highest BCUT2D eigenvalue weighted by molar-refractivity contribution is 8.00. The van der Waals surface area contributed by atoms with E-state index in [1.165, 1.54) is 7.11 Å². The van der Waals surface area contributed by atoms with Crippen molar-refractivity contribution in [3.63, 3.8) is 0 Å². The number of methoxy groups -OCH3 is 1. The quantitative estimate of drug-likeness (QED) is 0.757. The molecule has 4 heteroatoms. The number of thioether (sulfide) groups is 1. The summed E-state index contributed by atoms with van der Waals surface area (Å²) in [6, 6.07) is 5.86. The number of carbonyl (C=O) groups excluding carboxylic acids is 2. The highest BCUT2D eigenvalue weighted by Gasteiger charge is 2.27. The molecule has 90 valence electrons. The van der Waals surface area contributed by atoms with Crippen LogP contribution in [0.2, 0.25) is 0 Å². The number of fused-ring (bicyclic) bond motifs is 1. The largest absolute Gasteiger partial charge is 0.469 e. The molecule has 2 rings (SSSR count). The van der Waals surface area contributed by atoms with Gasteiger partial charge in [0.1, 0.15) is 0 Å². The Balaban J connectivity index is 2.19. The van der Waals surface area contributed by atoms with E-state index in [1.807, 2.05) is 25.1 Å². The Labute approximate surface area is 105 Å². The van der Waals surface area contributed by atoms with E-state index in [0.29, 0.717) is 12.8 Å². The van der Waals surface area contributed by atoms with Crippen molar-refractivity contribution < 1.29 is 14.3 Å². The van der Waals surface area contributed by atoms with Crippen LogP contribution in [-0.4, -0.2) is 24.1 Å². The van der Waals surface area contributed by atoms with E-state index >= 15 is 0 Å². The maximum absolute atomic E-state index is 12.0. The minimum Gasteiger partial charge on any atom is -0.469 e. The number of Topliss-reactive ketones (excluding diaryl/α,β-unsaturated/α-hetero) is 1. The van der Waals surface area contributed by atoms with Crippen LogP contribution < -0.4 is 0 Å². The molecule has 1 aromatic rings. The van der Waals surface area contributed by atoms with Gasteiger partial charge in [0.2, 0.25) is 0 Å². The van der Waals surface area contributed by atoms with Gasteiger partial charge in [0.25, 0.3) is 0 Å². The zero-order chi connectivity index (χ0) is 12.4. The van der Waals surface area contributed by atoms with E-state index in [4.69, 9.17) is 0 Å². The van der Waals surface area contributed by atoms with Crippen molar-refractivity contribution >= 4 is 23.5 Å². The standard InChI is InChI=1S/C13H14O3S/c1-8-3-4-12-10(5-8)11(14)6-9(17-12)7-13(15)16-2/h3-5,9H,6-7H2,1-2H3. The van der Waals surface area contributed by atoms with E-state index in [9.17, 15) is 9.59 Å². The topological polar surface area (TPSA) is 43.4 Å². The van der Waals surface area contributed by atoms with E-state index in [-0.39, 0.29) is 17.0 Å². The third kappa shape index (κ3) is 2.69. The van der Waals surface area contributed by atoms with Gasteiger partial charge >= 0.3 is 5.97 Å². The van der Waals surface area contributed by atoms with Gasteiger partial charge < -0.3 is 4.74 Å². The number of esters is 1. The molecule has 0 saturated heterocycles. The van der Waals surface area contributed by atoms with Gasteiger partial charge in [-0.15, -0.1) is 11.8 Å². The van der Waals surface area contributed by atoms with Gasteiger partial charge in [0.15, 0.2) is 5.78 Å². The lowest BCUT2D eigenvalue weighted by molar-refractivity contribution is -0.140. The lowest BCUT2D eigenvalue weighted by atomic mass is 10.0. The first kappa shape index (κ1) is 12.2. The van der Waals surface area contributed by atoms with Crippen LogP contribution >= 0.6 is 11.8 Å². The third-order valence-corrected chi connectivity index (χ3v) is 4.04. The number of hydrogen-bond acceptors (Lipinski definition) is 4. The van der Waals surface area contributed by atoms with Crippen LogP contribution in [0.15, 0.2) is 23.1 Å². The Morgan fingerprint density at radius 2 is 2.29 bits per heavy atom. The molecule has 1 unspecified atom stereocenters. The SMILES string of the molecule is COC(=O)CC1CC(=O)c2cc(C)ccc2S1. The fraction of sp³-hybridized carbons (Fsp3) is 0.385. The Kier molecular flexibility index (Phi) is 3.52. The third-order valence-electron chi connectivity index (χ3n) is 2.76. The summed E-state index contributed by atoms with van der Waals surface area (Å²) >= 11 is 1.59. The highest BCUT2D eigenvalue weighted by Crippen LogP contribution is 2.37. The predicted octanol–water partition coefficient (Wildman–Crippen LogP) is 2.61. The Bertz CT molecular complexity index is 468. The molecule has 0 bridgehead atoms. The monoisotopic (exact) mass is 250 g/mol. The Hall–Kier alpha value is -1.29. The van der Waals surface area contributed by atoms with Crippen molar-refractivity contribution in [3.05, 3.63) is 29.3 Å². The fourth-order valence-electron chi connectivity index (χ4n) is 1.89. The molecule has 0 aromatic heterocycles. The zero-order valence-corrected chi connectivity index (χ0v) is 10.7. The van der Waals surface area contributed by atoms with Crippen LogP contribution in [0.3, 0.4) is 0 Å². The Morgan fingerprint density at radius 3 is 3.00 bits per heavy atom. The van der Waals surface area contributed by atoms with E-state index in [1.54, 1.807) is 11.8 Å². The van der Waals surface area contributed by atoms with Crippen LogP contribution in [-0.2, 0) is 9.53 Å². The summed E-state index contributed by atoms with van der Waals surface area (Å²) in [6.07, 6.45) is 0.705. The van der Waals surface area contributed by atoms with Crippen molar-refractivity contribution in [2.45, 2.75) is 29.9 Å². The number of rotatable bonds is 2. The molecule has 0 amide bonds. The zero-order valence-electron chi connectivity index (χ0n) is 9.86. The lowest BCUT2D eigenvalue weighted by Gasteiger charge is -2.22. The fourth-order valence-corrected chi connectivity index (χ4v) is 3.15. The van der Waals surface area contributed by atoms with Gasteiger partial charge in [0, 0.05) is 22.1 Å². The lowest BCUT2D eigenvalue weighted by Crippen LogP contribution is -2.21. The summed E-state index contributed by atoms with van der Waals surface area (Å²) in [4.78, 5) is 24.1. The van der Waals surface area contributed by atoms with Gasteiger partial charge in [-0.25, -0.2) is 0 Å². The number of ether oxygens (including phenoxy) is 1. The number of benzene rings is 1. The highest BCUT2D eigenvalue weighted by atomic mass is 32.2. The normalized spacial score (nSPS) is 18.7. The molecule has 1 aliphatic rings. The molecule has 0 saturated carbocycles. The second-order valence-corrected chi connectivity index (χ2v) is 5.49. The average molecular weight is 250 g/mol. The van der Waals surface area contributed by atoms with Gasteiger partial charge in [-0.3, -0.25) is 9.59 Å². The second-order valence-electron chi connectivity index (χ2n) is 4.15. The number of ketones is 1. The molecule has 17 heavy (non-hydrogen) atoms. The second kappa shape index (κ2) is 4.92. The molecule has 1 atom stereocenters. The number of hydrogen-bond donors (Lipinski definition) is 0. The Morgan fingerprint density at radius 1 is 1.53 bits per heavy atom. The van der Waals surface area contributed by atoms with Crippen molar-refractivity contribution in [3.8, 4) is 0 Å². The first-order valence-corrected chi connectivity index (χ1v) is 6.35. The number of aryl methyl sites for hydroxylation is 1. The average Bonchev–Trinajstić information content (AvgIpc) is 2.30. The molecule has 1 aliphatic heterocycles. The first-order chi connectivity index (χ1) is 8.10. The molecule has 0 spiro atoms. The molecule has 1 aromatic carbocycles. The smallest absolute Gasteiger partial charge is 0.306 e. The van der Waals surface area contributed by atoms with Crippen LogP contribution in [0.25, 0.3) is 0 Å². The predicted molar refractivity (Wildman–Crippen MR) is 66.4 cm³/mol. The molecule has 3 nitrogen and oxygen atoms in total. The molecule has 0 N–H and O–H groups in total. The van der Waals surface area contributed by atoms with Gasteiger partial charge in [-0.2, -0.15) is 0 Å². The van der Waals surface area contributed by atoms with Crippen LogP contribution in [0.4, 0.5) is 0 Å². The van der Waals surface area contributed by atoms with Gasteiger partial charge in [-0.05, 0) is 19.1 Å². The van der Waals surface area contributed by atoms with Crippen molar-refractivity contribution in [1.29, 1.82) is 0 Å². The summed E-state index contributed by atoms with van der Waals surface area (Å²) in [5.74, 6) is -0.137. The van der Waals surface area contributed by atoms with Crippen LogP contribution in [0, 0.1) is 6.92 Å². The van der Waals surface area contributed by atoms with Crippen molar-refractivity contribution in [2.24, 2.45) is 0 Å². The van der Waals surface area contributed by atoms with Gasteiger partial charge in [-0.1, -0.05) is 11.6 Å². The van der Waals surface area contributed by atoms with Crippen molar-refractivity contribution in [1.82, 2.24) is 0 Å². The van der Waals surface area contributed by atoms with E-state index in [2.05, 4.69) is 4.74 Å². The maximum Gasteiger partial charge on any atom is 0.306 e. The minimum absolute atomic E-state index is 0.00477. The molecule has 0 radical (unpaired) electrons. The van der Waals surface area contributed by atoms with Crippen LogP contribution in [0.5, 0.6) is 0 Å². The molecular weight excluding hydrogens is 236 g/mol. The van der Waals surface area contributed by atoms with Crippen molar-refractivity contribution in [2.75, 3.05) is 7.11 Å². The summed E-state index contributed by atoms with van der Waals surface area (Å²) in [7, 11) is 1.37. The molecule has 1 heterocycles. The van der Waals surface area contributed by atoms with Crippen LogP contribution in [0.1, 0.15) is 28.8 Å². The van der Waals surface area contributed by atoms with Gasteiger partial charge in [0.05, 0.1) is 13.5 Å². The summed E-state index contributed by atoms with van der Waals surface area (Å²) < 4.78 is 4.63. The first-order valence-electron chi connectivity index (χ1n) is 5.47. The van der Waals surface area contributed by atoms with E-state index < -0.39 is 0 Å². The molecular formula is C13H14O3S. The van der Waals surface area contributed by atoms with E-state index in [0.717, 1.165) is 16.0 Å². The minimum atomic E-state index is -0.258. The summed E-state index contributed by atoms with van der Waals surface area (Å²) in [5.41, 5.74) is 1.88. The molecule has 0 aliphatic carbocycles. The summed E-state index contributed by atoms with van der Waals surface area (Å²) in [5, 5.41) is 0.00477.